The van der Waals surface area contributed by atoms with Gasteiger partial charge in [-0.2, -0.15) is 0 Å². The van der Waals surface area contributed by atoms with E-state index in [-0.39, 0.29) is 12.4 Å². The third-order valence-corrected chi connectivity index (χ3v) is 6.73. The summed E-state index contributed by atoms with van der Waals surface area (Å²) in [5, 5.41) is 19.5. The van der Waals surface area contributed by atoms with E-state index < -0.39 is 0 Å². The molecule has 0 spiro atoms. The van der Waals surface area contributed by atoms with Crippen LogP contribution in [0.3, 0.4) is 0 Å². The van der Waals surface area contributed by atoms with Crippen LogP contribution < -0.4 is 4.90 Å². The first kappa shape index (κ1) is 24.1. The summed E-state index contributed by atoms with van der Waals surface area (Å²) >= 11 is 0. The lowest BCUT2D eigenvalue weighted by atomic mass is 9.87. The topological polar surface area (TPSA) is 46.9 Å². The van der Waals surface area contributed by atoms with Crippen molar-refractivity contribution in [3.63, 3.8) is 0 Å². The lowest BCUT2D eigenvalue weighted by Gasteiger charge is -2.38. The lowest BCUT2D eigenvalue weighted by molar-refractivity contribution is 0.209. The Morgan fingerprint density at radius 2 is 1.35 bits per heavy atom. The molecular weight excluding hydrogens is 420 g/mol. The maximum Gasteiger partial charge on any atom is 0.115 e. The van der Waals surface area contributed by atoms with Crippen molar-refractivity contribution in [2.45, 2.75) is 32.7 Å². The van der Waals surface area contributed by atoms with Gasteiger partial charge in [0.15, 0.2) is 0 Å². The van der Waals surface area contributed by atoms with Gasteiger partial charge in [-0.05, 0) is 78.8 Å². The van der Waals surface area contributed by atoms with Crippen LogP contribution in [0, 0.1) is 0 Å². The lowest BCUT2D eigenvalue weighted by Crippen LogP contribution is -2.48. The second-order valence-electron chi connectivity index (χ2n) is 9.26. The molecule has 1 fully saturated rings. The van der Waals surface area contributed by atoms with Gasteiger partial charge in [0, 0.05) is 44.5 Å². The molecule has 0 bridgehead atoms. The molecule has 34 heavy (non-hydrogen) atoms. The highest BCUT2D eigenvalue weighted by Gasteiger charge is 2.20. The molecule has 0 atom stereocenters. The van der Waals surface area contributed by atoms with Gasteiger partial charge in [0.05, 0.1) is 0 Å². The fourth-order valence-electron chi connectivity index (χ4n) is 4.79. The van der Waals surface area contributed by atoms with Gasteiger partial charge in [0.2, 0.25) is 0 Å². The summed E-state index contributed by atoms with van der Waals surface area (Å²) in [5.74, 6) is 0.260. The largest absolute Gasteiger partial charge is 0.508 e. The van der Waals surface area contributed by atoms with Crippen LogP contribution in [-0.4, -0.2) is 53.9 Å². The summed E-state index contributed by atoms with van der Waals surface area (Å²) < 4.78 is 0. The summed E-state index contributed by atoms with van der Waals surface area (Å²) in [4.78, 5) is 5.00. The summed E-state index contributed by atoms with van der Waals surface area (Å²) in [6.07, 6.45) is 1.47. The molecule has 2 N–H and O–H groups in total. The minimum Gasteiger partial charge on any atom is -0.508 e. The number of piperazine rings is 1. The molecule has 1 saturated heterocycles. The summed E-state index contributed by atoms with van der Waals surface area (Å²) in [7, 11) is 0. The number of nitrogens with zero attached hydrogens (tertiary/aromatic N) is 2. The average molecular weight is 457 g/mol. The maximum absolute atomic E-state index is 9.88. The van der Waals surface area contributed by atoms with Crippen LogP contribution in [0.5, 0.6) is 5.75 Å². The van der Waals surface area contributed by atoms with E-state index in [9.17, 15) is 10.2 Å². The van der Waals surface area contributed by atoms with Gasteiger partial charge in [-0.1, -0.05) is 54.6 Å². The standard InChI is InChI=1S/C30H36N2O2/c1-23(2)31-18-20-32(21-19-31)27-14-10-25(11-15-27)30(26-12-16-28(34)17-13-26)29(9-6-22-33)24-7-4-3-5-8-24/h3-5,7-8,10-17,23,33-34H,6,9,18-22H2,1-2H3. The second kappa shape index (κ2) is 11.4. The summed E-state index contributed by atoms with van der Waals surface area (Å²) in [6, 6.07) is 27.3. The van der Waals surface area contributed by atoms with Gasteiger partial charge in [-0.25, -0.2) is 0 Å². The highest BCUT2D eigenvalue weighted by Crippen LogP contribution is 2.36. The number of phenolic OH excluding ortho intramolecular Hbond substituents is 1. The van der Waals surface area contributed by atoms with Crippen LogP contribution in [0.15, 0.2) is 78.9 Å². The Kier molecular flexibility index (Phi) is 8.04. The first-order valence-corrected chi connectivity index (χ1v) is 12.3. The highest BCUT2D eigenvalue weighted by molar-refractivity contribution is 5.98. The van der Waals surface area contributed by atoms with E-state index in [1.165, 1.54) is 11.3 Å². The highest BCUT2D eigenvalue weighted by atomic mass is 16.3. The number of hydrogen-bond acceptors (Lipinski definition) is 4. The van der Waals surface area contributed by atoms with E-state index >= 15 is 0 Å². The number of anilines is 1. The van der Waals surface area contributed by atoms with Crippen LogP contribution in [0.4, 0.5) is 5.69 Å². The van der Waals surface area contributed by atoms with Gasteiger partial charge in [-0.3, -0.25) is 4.90 Å². The molecule has 1 aliphatic heterocycles. The molecular formula is C30H36N2O2. The van der Waals surface area contributed by atoms with Crippen molar-refractivity contribution in [1.82, 2.24) is 4.90 Å². The first-order chi connectivity index (χ1) is 16.6. The van der Waals surface area contributed by atoms with E-state index in [0.717, 1.165) is 54.9 Å². The quantitative estimate of drug-likeness (QED) is 0.430. The van der Waals surface area contributed by atoms with Crippen molar-refractivity contribution in [2.24, 2.45) is 0 Å². The van der Waals surface area contributed by atoms with Gasteiger partial charge >= 0.3 is 0 Å². The van der Waals surface area contributed by atoms with E-state index in [1.807, 2.05) is 18.2 Å². The van der Waals surface area contributed by atoms with Gasteiger partial charge in [-0.15, -0.1) is 0 Å². The minimum absolute atomic E-state index is 0.153. The van der Waals surface area contributed by atoms with Crippen molar-refractivity contribution in [1.29, 1.82) is 0 Å². The van der Waals surface area contributed by atoms with Gasteiger partial charge in [0.1, 0.15) is 5.75 Å². The molecule has 0 aromatic heterocycles. The molecule has 3 aromatic rings. The predicted octanol–water partition coefficient (Wildman–Crippen LogP) is 5.65. The molecule has 178 valence electrons. The molecule has 3 aromatic carbocycles. The van der Waals surface area contributed by atoms with Crippen LogP contribution in [-0.2, 0) is 0 Å². The van der Waals surface area contributed by atoms with E-state index in [4.69, 9.17) is 0 Å². The fourth-order valence-corrected chi connectivity index (χ4v) is 4.79. The number of allylic oxidation sites excluding steroid dienone is 1. The van der Waals surface area contributed by atoms with Crippen molar-refractivity contribution in [3.8, 4) is 5.75 Å². The Balaban J connectivity index is 1.72. The van der Waals surface area contributed by atoms with Crippen molar-refractivity contribution >= 4 is 16.8 Å². The van der Waals surface area contributed by atoms with E-state index in [1.54, 1.807) is 12.1 Å². The zero-order chi connectivity index (χ0) is 23.9. The third-order valence-electron chi connectivity index (χ3n) is 6.73. The number of rotatable bonds is 8. The molecule has 0 unspecified atom stereocenters. The molecule has 0 aliphatic carbocycles. The molecule has 0 amide bonds. The minimum atomic E-state index is 0.153. The van der Waals surface area contributed by atoms with Crippen molar-refractivity contribution in [3.05, 3.63) is 95.6 Å². The Bertz CT molecular complexity index is 1070. The third kappa shape index (κ3) is 5.69. The molecule has 4 heteroatoms. The number of aliphatic hydroxyl groups is 1. The van der Waals surface area contributed by atoms with Crippen molar-refractivity contribution in [2.75, 3.05) is 37.7 Å². The monoisotopic (exact) mass is 456 g/mol. The first-order valence-electron chi connectivity index (χ1n) is 12.3. The van der Waals surface area contributed by atoms with Crippen LogP contribution >= 0.6 is 0 Å². The number of phenols is 1. The van der Waals surface area contributed by atoms with Gasteiger partial charge in [0.25, 0.3) is 0 Å². The Hall–Kier alpha value is -3.08. The molecule has 1 aliphatic rings. The van der Waals surface area contributed by atoms with Crippen molar-refractivity contribution < 1.29 is 10.2 Å². The molecule has 4 rings (SSSR count). The number of aromatic hydroxyl groups is 1. The zero-order valence-electron chi connectivity index (χ0n) is 20.3. The summed E-state index contributed by atoms with van der Waals surface area (Å²) in [5.41, 5.74) is 6.98. The Morgan fingerprint density at radius 3 is 1.91 bits per heavy atom. The normalized spacial score (nSPS) is 15.5. The number of benzene rings is 3. The Labute approximate surface area is 203 Å². The second-order valence-corrected chi connectivity index (χ2v) is 9.26. The maximum atomic E-state index is 9.88. The van der Waals surface area contributed by atoms with E-state index in [0.29, 0.717) is 12.5 Å². The molecule has 1 heterocycles. The van der Waals surface area contributed by atoms with Gasteiger partial charge < -0.3 is 15.1 Å². The summed E-state index contributed by atoms with van der Waals surface area (Å²) in [6.45, 7) is 8.97. The fraction of sp³-hybridized carbons (Fsp3) is 0.333. The van der Waals surface area contributed by atoms with Crippen LogP contribution in [0.25, 0.3) is 11.1 Å². The SMILES string of the molecule is CC(C)N1CCN(c2ccc(C(=C(CCCO)c3ccccc3)c3ccc(O)cc3)cc2)CC1. The predicted molar refractivity (Wildman–Crippen MR) is 142 cm³/mol. The zero-order valence-corrected chi connectivity index (χ0v) is 20.3. The Morgan fingerprint density at radius 1 is 0.765 bits per heavy atom. The van der Waals surface area contributed by atoms with E-state index in [2.05, 4.69) is 72.2 Å². The van der Waals surface area contributed by atoms with Crippen LogP contribution in [0.1, 0.15) is 43.4 Å². The molecule has 0 saturated carbocycles. The number of hydrogen-bond donors (Lipinski definition) is 2. The van der Waals surface area contributed by atoms with Crippen LogP contribution in [0.2, 0.25) is 0 Å². The number of aliphatic hydroxyl groups excluding tert-OH is 1. The average Bonchev–Trinajstić information content (AvgIpc) is 2.88. The smallest absolute Gasteiger partial charge is 0.115 e. The molecule has 4 nitrogen and oxygen atoms in total. The molecule has 0 radical (unpaired) electrons.